The quantitative estimate of drug-likeness (QED) is 0.164. The zero-order valence-electron chi connectivity index (χ0n) is 38.6. The second kappa shape index (κ2) is 15.5. The molecule has 0 saturated heterocycles. The van der Waals surface area contributed by atoms with E-state index in [4.69, 9.17) is 0 Å². The first-order valence-corrected chi connectivity index (χ1v) is 24.3. The second-order valence-corrected chi connectivity index (χ2v) is 18.6. The van der Waals surface area contributed by atoms with Gasteiger partial charge < -0.3 is 22.8 Å². The van der Waals surface area contributed by atoms with Crippen molar-refractivity contribution in [2.45, 2.75) is 0 Å². The van der Waals surface area contributed by atoms with E-state index in [-0.39, 0.29) is 0 Å². The first kappa shape index (κ1) is 39.4. The van der Waals surface area contributed by atoms with Crippen molar-refractivity contribution in [2.75, 3.05) is 0 Å². The summed E-state index contributed by atoms with van der Waals surface area (Å²) in [6.45, 7) is 0. The average molecular weight is 906 g/mol. The van der Waals surface area contributed by atoms with Crippen LogP contribution in [0, 0.1) is 0 Å². The van der Waals surface area contributed by atoms with Gasteiger partial charge in [-0.05, 0) is 138 Å². The molecule has 0 spiro atoms. The highest BCUT2D eigenvalue weighted by Crippen LogP contribution is 2.41. The molecule has 11 aromatic carbocycles. The summed E-state index contributed by atoms with van der Waals surface area (Å²) in [6.07, 6.45) is 0. The first-order valence-electron chi connectivity index (χ1n) is 24.3. The van der Waals surface area contributed by atoms with E-state index in [2.05, 4.69) is 284 Å². The second-order valence-electron chi connectivity index (χ2n) is 18.6. The van der Waals surface area contributed by atoms with E-state index in [1.54, 1.807) is 0 Å². The van der Waals surface area contributed by atoms with Crippen molar-refractivity contribution >= 4 is 98.3 Å². The number of para-hydroxylation sites is 6. The minimum absolute atomic E-state index is 1.07. The van der Waals surface area contributed by atoms with Gasteiger partial charge in [-0.1, -0.05) is 133 Å². The molecule has 15 aromatic rings. The first-order chi connectivity index (χ1) is 35.2. The largest absolute Gasteiger partial charge is 0.310 e. The molecule has 0 atom stereocenters. The van der Waals surface area contributed by atoms with Crippen molar-refractivity contribution < 1.29 is 0 Å². The lowest BCUT2D eigenvalue weighted by atomic mass is 10.1. The number of fused-ring (bicyclic) bond motifs is 13. The van der Waals surface area contributed by atoms with Gasteiger partial charge in [-0.25, -0.2) is 0 Å². The van der Waals surface area contributed by atoms with Gasteiger partial charge in [0.05, 0.1) is 44.5 Å². The lowest BCUT2D eigenvalue weighted by Crippen LogP contribution is -2.02. The smallest absolute Gasteiger partial charge is 0.0782 e. The Labute approximate surface area is 408 Å². The highest BCUT2D eigenvalue weighted by atomic mass is 15.1. The van der Waals surface area contributed by atoms with Crippen LogP contribution in [0.1, 0.15) is 0 Å². The van der Waals surface area contributed by atoms with Crippen LogP contribution in [0.15, 0.2) is 261 Å². The molecule has 0 radical (unpaired) electrons. The summed E-state index contributed by atoms with van der Waals surface area (Å²) in [5, 5.41) is 9.45. The minimum Gasteiger partial charge on any atom is -0.310 e. The molecule has 71 heavy (non-hydrogen) atoms. The fourth-order valence-corrected chi connectivity index (χ4v) is 11.7. The van der Waals surface area contributed by atoms with Crippen molar-refractivity contribution in [1.82, 2.24) is 22.8 Å². The summed E-state index contributed by atoms with van der Waals surface area (Å²) in [6, 6.07) is 95.8. The maximum absolute atomic E-state index is 2.48. The predicted octanol–water partition coefficient (Wildman–Crippen LogP) is 17.1. The monoisotopic (exact) mass is 905 g/mol. The molecule has 0 aliphatic carbocycles. The molecule has 4 heterocycles. The van der Waals surface area contributed by atoms with Crippen molar-refractivity contribution in [1.29, 1.82) is 0 Å². The van der Waals surface area contributed by atoms with Crippen LogP contribution >= 0.6 is 0 Å². The standard InChI is InChI=1S/C66H43N5/c1-4-20-46(21-5-1)69-60-38-36-51-42-56(60)57-43-52(37-39-61(57)69)68(64-35-16-30-54-53-28-10-12-31-58(53)71(66(54)64)48-24-8-3-9-25-48)50-27-15-19-45(41-50)44-18-14-26-49(40-44)67(51)62-33-17-34-63-65(62)55-29-11-13-32-59(55)70(63)47-22-6-2-7-23-47/h1-43H. The summed E-state index contributed by atoms with van der Waals surface area (Å²) < 4.78 is 12.2. The summed E-state index contributed by atoms with van der Waals surface area (Å²) in [4.78, 5) is 0. The van der Waals surface area contributed by atoms with Crippen molar-refractivity contribution in [3.8, 4) is 28.4 Å². The van der Waals surface area contributed by atoms with Gasteiger partial charge in [0.15, 0.2) is 0 Å². The lowest BCUT2D eigenvalue weighted by Gasteiger charge is -2.17. The molecule has 8 bridgehead atoms. The van der Waals surface area contributed by atoms with Crippen LogP contribution < -0.4 is 0 Å². The molecule has 332 valence electrons. The molecule has 5 nitrogen and oxygen atoms in total. The fourth-order valence-electron chi connectivity index (χ4n) is 11.7. The molecular formula is C66H43N5. The van der Waals surface area contributed by atoms with E-state index >= 15 is 0 Å². The van der Waals surface area contributed by atoms with Gasteiger partial charge in [-0.3, -0.25) is 0 Å². The molecule has 4 aromatic heterocycles. The fraction of sp³-hybridized carbons (Fsp3) is 0. The van der Waals surface area contributed by atoms with E-state index in [9.17, 15) is 0 Å². The van der Waals surface area contributed by atoms with Crippen LogP contribution in [0.4, 0.5) is 0 Å². The van der Waals surface area contributed by atoms with Crippen LogP contribution in [0.25, 0.3) is 127 Å². The lowest BCUT2D eigenvalue weighted by molar-refractivity contribution is 1.12. The van der Waals surface area contributed by atoms with E-state index in [0.717, 1.165) is 83.3 Å². The zero-order chi connectivity index (χ0) is 46.6. The van der Waals surface area contributed by atoms with E-state index < -0.39 is 0 Å². The van der Waals surface area contributed by atoms with Gasteiger partial charge in [0.1, 0.15) is 0 Å². The maximum Gasteiger partial charge on any atom is 0.0782 e. The normalized spacial score (nSPS) is 11.9. The molecule has 0 aliphatic rings. The van der Waals surface area contributed by atoms with Crippen LogP contribution in [0.3, 0.4) is 0 Å². The van der Waals surface area contributed by atoms with Crippen LogP contribution in [-0.2, 0) is 0 Å². The Balaban J connectivity index is 1.13. The Kier molecular flexibility index (Phi) is 8.59. The number of aromatic nitrogens is 5. The highest BCUT2D eigenvalue weighted by Gasteiger charge is 2.21. The Morgan fingerprint density at radius 2 is 0.620 bits per heavy atom. The third-order valence-corrected chi connectivity index (χ3v) is 14.7. The zero-order valence-corrected chi connectivity index (χ0v) is 38.6. The van der Waals surface area contributed by atoms with Gasteiger partial charge in [0.25, 0.3) is 0 Å². The Hall–Kier alpha value is -9.58. The molecule has 0 fully saturated rings. The van der Waals surface area contributed by atoms with Crippen LogP contribution in [0.5, 0.6) is 0 Å². The molecule has 0 saturated carbocycles. The van der Waals surface area contributed by atoms with Crippen molar-refractivity contribution in [2.24, 2.45) is 0 Å². The van der Waals surface area contributed by atoms with Crippen molar-refractivity contribution in [3.05, 3.63) is 261 Å². The molecule has 0 amide bonds. The number of nitrogens with zero attached hydrogens (tertiary/aromatic N) is 5. The van der Waals surface area contributed by atoms with Crippen molar-refractivity contribution in [3.63, 3.8) is 0 Å². The van der Waals surface area contributed by atoms with Gasteiger partial charge in [0.2, 0.25) is 0 Å². The average Bonchev–Trinajstić information content (AvgIpc) is 4.08. The number of rotatable bonds is 5. The van der Waals surface area contributed by atoms with Crippen LogP contribution in [-0.4, -0.2) is 22.8 Å². The van der Waals surface area contributed by atoms with Gasteiger partial charge in [0, 0.05) is 71.4 Å². The molecule has 0 N–H and O–H groups in total. The predicted molar refractivity (Wildman–Crippen MR) is 298 cm³/mol. The van der Waals surface area contributed by atoms with E-state index in [1.165, 1.54) is 43.4 Å². The van der Waals surface area contributed by atoms with Gasteiger partial charge >= 0.3 is 0 Å². The number of benzene rings is 11. The molecule has 0 aliphatic heterocycles. The number of hydrogen-bond donors (Lipinski definition) is 0. The summed E-state index contributed by atoms with van der Waals surface area (Å²) in [5.41, 5.74) is 16.8. The Bertz CT molecular complexity index is 4680. The molecular weight excluding hydrogens is 863 g/mol. The molecule has 0 unspecified atom stereocenters. The minimum atomic E-state index is 1.07. The molecule has 5 heteroatoms. The summed E-state index contributed by atoms with van der Waals surface area (Å²) in [7, 11) is 0. The third-order valence-electron chi connectivity index (χ3n) is 14.7. The highest BCUT2D eigenvalue weighted by molar-refractivity contribution is 6.16. The summed E-state index contributed by atoms with van der Waals surface area (Å²) >= 11 is 0. The topological polar surface area (TPSA) is 24.6 Å². The van der Waals surface area contributed by atoms with Gasteiger partial charge in [-0.15, -0.1) is 0 Å². The Morgan fingerprint density at radius 3 is 1.23 bits per heavy atom. The Morgan fingerprint density at radius 1 is 0.211 bits per heavy atom. The van der Waals surface area contributed by atoms with Crippen LogP contribution in [0.2, 0.25) is 0 Å². The molecule has 15 rings (SSSR count). The van der Waals surface area contributed by atoms with E-state index in [1.807, 2.05) is 0 Å². The maximum atomic E-state index is 2.48. The summed E-state index contributed by atoms with van der Waals surface area (Å²) in [5.74, 6) is 0. The van der Waals surface area contributed by atoms with Gasteiger partial charge in [-0.2, -0.15) is 0 Å². The SMILES string of the molecule is c1ccc(-n2c3ccc4cc3c3cc(ccc32)n(-c2cccc3c5ccccc5n(-c5ccccc5)c23)c2cccc(c2)c2cccc(c2)n4-c2cccc3c2c2ccccc2n3-c2ccccc2)cc1. The third kappa shape index (κ3) is 5.93. The number of hydrogen-bond acceptors (Lipinski definition) is 0. The van der Waals surface area contributed by atoms with E-state index in [0.29, 0.717) is 0 Å².